The van der Waals surface area contributed by atoms with Crippen LogP contribution in [0.15, 0.2) is 24.3 Å². The molecule has 1 N–H and O–H groups in total. The first kappa shape index (κ1) is 12.8. The summed E-state index contributed by atoms with van der Waals surface area (Å²) in [6, 6.07) is 5.76. The van der Waals surface area contributed by atoms with Gasteiger partial charge < -0.3 is 5.11 Å². The predicted octanol–water partition coefficient (Wildman–Crippen LogP) is 0.309. The molecule has 1 aromatic carbocycles. The Balaban J connectivity index is 2.57. The van der Waals surface area contributed by atoms with Crippen LogP contribution in [0.1, 0.15) is 5.56 Å². The van der Waals surface area contributed by atoms with Crippen LogP contribution in [0.4, 0.5) is 5.69 Å². The molecule has 0 fully saturated rings. The Bertz CT molecular complexity index is 582. The van der Waals surface area contributed by atoms with E-state index in [9.17, 15) is 18.3 Å². The van der Waals surface area contributed by atoms with E-state index in [-0.39, 0.29) is 6.42 Å². The van der Waals surface area contributed by atoms with Crippen molar-refractivity contribution in [3.8, 4) is 0 Å². The fourth-order valence-corrected chi connectivity index (χ4v) is 3.27. The lowest BCUT2D eigenvalue weighted by Crippen LogP contribution is -2.47. The van der Waals surface area contributed by atoms with E-state index in [1.165, 1.54) is 14.1 Å². The van der Waals surface area contributed by atoms with Gasteiger partial charge in [0.05, 0.1) is 5.69 Å². The SMILES string of the molecule is CN(C)S(=O)(=O)N1c2ccccc2CC1C(=O)O. The highest BCUT2D eigenvalue weighted by Crippen LogP contribution is 2.34. The second kappa shape index (κ2) is 4.25. The average molecular weight is 270 g/mol. The number of nitrogens with zero attached hydrogens (tertiary/aromatic N) is 2. The number of anilines is 1. The molecule has 7 heteroatoms. The second-order valence-corrected chi connectivity index (χ2v) is 6.29. The lowest BCUT2D eigenvalue weighted by molar-refractivity contribution is -0.138. The number of carbonyl (C=O) groups is 1. The van der Waals surface area contributed by atoms with Crippen LogP contribution >= 0.6 is 0 Å². The quantitative estimate of drug-likeness (QED) is 0.857. The summed E-state index contributed by atoms with van der Waals surface area (Å²) in [6.07, 6.45) is 0.193. The van der Waals surface area contributed by atoms with Gasteiger partial charge in [0, 0.05) is 20.5 Å². The normalized spacial score (nSPS) is 19.1. The summed E-state index contributed by atoms with van der Waals surface area (Å²) in [5, 5.41) is 9.18. The maximum absolute atomic E-state index is 12.2. The molecule has 0 bridgehead atoms. The van der Waals surface area contributed by atoms with Gasteiger partial charge in [0.15, 0.2) is 0 Å². The molecule has 98 valence electrons. The van der Waals surface area contributed by atoms with E-state index in [1.807, 2.05) is 0 Å². The minimum absolute atomic E-state index is 0.193. The zero-order chi connectivity index (χ0) is 13.5. The number of carboxylic acid groups (broad SMARTS) is 1. The molecule has 0 aromatic heterocycles. The van der Waals surface area contributed by atoms with Crippen LogP contribution in [-0.4, -0.2) is 43.9 Å². The monoisotopic (exact) mass is 270 g/mol. The number of hydrogen-bond acceptors (Lipinski definition) is 3. The van der Waals surface area contributed by atoms with Crippen molar-refractivity contribution in [1.82, 2.24) is 4.31 Å². The first-order valence-electron chi connectivity index (χ1n) is 5.38. The van der Waals surface area contributed by atoms with E-state index in [0.29, 0.717) is 5.69 Å². The van der Waals surface area contributed by atoms with E-state index in [1.54, 1.807) is 24.3 Å². The molecule has 0 saturated heterocycles. The summed E-state index contributed by atoms with van der Waals surface area (Å²) in [6.45, 7) is 0. The standard InChI is InChI=1S/C11H14N2O4S/c1-12(2)18(16,17)13-9-6-4-3-5-8(9)7-10(13)11(14)15/h3-6,10H,7H2,1-2H3,(H,14,15). The molecule has 0 aliphatic carbocycles. The molecule has 1 aliphatic rings. The summed E-state index contributed by atoms with van der Waals surface area (Å²) in [4.78, 5) is 11.2. The molecule has 2 rings (SSSR count). The lowest BCUT2D eigenvalue weighted by atomic mass is 10.1. The van der Waals surface area contributed by atoms with E-state index >= 15 is 0 Å². The van der Waals surface area contributed by atoms with Crippen LogP contribution in [0.3, 0.4) is 0 Å². The molecule has 0 radical (unpaired) electrons. The summed E-state index contributed by atoms with van der Waals surface area (Å²) >= 11 is 0. The number of benzene rings is 1. The van der Waals surface area contributed by atoms with Gasteiger partial charge in [0.1, 0.15) is 6.04 Å². The molecular formula is C11H14N2O4S. The van der Waals surface area contributed by atoms with Crippen molar-refractivity contribution in [2.24, 2.45) is 0 Å². The molecule has 18 heavy (non-hydrogen) atoms. The van der Waals surface area contributed by atoms with Crippen LogP contribution in [0.25, 0.3) is 0 Å². The number of hydrogen-bond donors (Lipinski definition) is 1. The summed E-state index contributed by atoms with van der Waals surface area (Å²) < 4.78 is 26.4. The molecule has 0 spiro atoms. The van der Waals surface area contributed by atoms with Crippen molar-refractivity contribution in [3.63, 3.8) is 0 Å². The van der Waals surface area contributed by atoms with Gasteiger partial charge in [-0.25, -0.2) is 9.10 Å². The molecule has 1 unspecified atom stereocenters. The zero-order valence-electron chi connectivity index (χ0n) is 10.1. The number of fused-ring (bicyclic) bond motifs is 1. The van der Waals surface area contributed by atoms with Gasteiger partial charge in [-0.2, -0.15) is 12.7 Å². The van der Waals surface area contributed by atoms with Gasteiger partial charge in [-0.05, 0) is 11.6 Å². The van der Waals surface area contributed by atoms with Crippen LogP contribution < -0.4 is 4.31 Å². The van der Waals surface area contributed by atoms with E-state index in [4.69, 9.17) is 0 Å². The smallest absolute Gasteiger partial charge is 0.327 e. The van der Waals surface area contributed by atoms with Gasteiger partial charge >= 0.3 is 16.2 Å². The lowest BCUT2D eigenvalue weighted by Gasteiger charge is -2.27. The molecule has 1 atom stereocenters. The maximum atomic E-state index is 12.2. The first-order valence-corrected chi connectivity index (χ1v) is 6.78. The minimum atomic E-state index is -3.80. The molecule has 1 heterocycles. The highest BCUT2D eigenvalue weighted by molar-refractivity contribution is 7.90. The summed E-state index contributed by atoms with van der Waals surface area (Å²) in [5.74, 6) is -1.14. The third-order valence-electron chi connectivity index (χ3n) is 2.92. The van der Waals surface area contributed by atoms with Gasteiger partial charge in [0.25, 0.3) is 0 Å². The number of rotatable bonds is 3. The highest BCUT2D eigenvalue weighted by Gasteiger charge is 2.42. The van der Waals surface area contributed by atoms with Gasteiger partial charge in [-0.1, -0.05) is 18.2 Å². The predicted molar refractivity (Wildman–Crippen MR) is 66.7 cm³/mol. The largest absolute Gasteiger partial charge is 0.480 e. The molecule has 1 aromatic rings. The Hall–Kier alpha value is -1.60. The minimum Gasteiger partial charge on any atom is -0.480 e. The van der Waals surface area contributed by atoms with Crippen molar-refractivity contribution in [1.29, 1.82) is 0 Å². The van der Waals surface area contributed by atoms with Crippen LogP contribution in [0, 0.1) is 0 Å². The number of carboxylic acids is 1. The molecular weight excluding hydrogens is 256 g/mol. The van der Waals surface area contributed by atoms with Gasteiger partial charge in [0.2, 0.25) is 0 Å². The number of para-hydroxylation sites is 1. The Morgan fingerprint density at radius 1 is 1.39 bits per heavy atom. The van der Waals surface area contributed by atoms with Crippen molar-refractivity contribution in [2.45, 2.75) is 12.5 Å². The van der Waals surface area contributed by atoms with E-state index in [2.05, 4.69) is 0 Å². The second-order valence-electron chi connectivity index (χ2n) is 4.27. The third kappa shape index (κ3) is 1.85. The topological polar surface area (TPSA) is 77.9 Å². The van der Waals surface area contributed by atoms with Gasteiger partial charge in [-0.3, -0.25) is 0 Å². The third-order valence-corrected chi connectivity index (χ3v) is 4.79. The first-order chi connectivity index (χ1) is 8.35. The Kier molecular flexibility index (Phi) is 3.04. The van der Waals surface area contributed by atoms with E-state index < -0.39 is 22.2 Å². The fraction of sp³-hybridized carbons (Fsp3) is 0.364. The summed E-state index contributed by atoms with van der Waals surface area (Å²) in [5.41, 5.74) is 1.17. The van der Waals surface area contributed by atoms with Crippen molar-refractivity contribution >= 4 is 21.9 Å². The fourth-order valence-electron chi connectivity index (χ4n) is 2.01. The van der Waals surface area contributed by atoms with Crippen LogP contribution in [-0.2, 0) is 21.4 Å². The molecule has 6 nitrogen and oxygen atoms in total. The Labute approximate surface area is 106 Å². The highest BCUT2D eigenvalue weighted by atomic mass is 32.2. The van der Waals surface area contributed by atoms with Crippen molar-refractivity contribution < 1.29 is 18.3 Å². The summed E-state index contributed by atoms with van der Waals surface area (Å²) in [7, 11) is -1.03. The van der Waals surface area contributed by atoms with Crippen molar-refractivity contribution in [3.05, 3.63) is 29.8 Å². The molecule has 0 amide bonds. The van der Waals surface area contributed by atoms with E-state index in [0.717, 1.165) is 14.2 Å². The number of aliphatic carboxylic acids is 1. The van der Waals surface area contributed by atoms with Crippen molar-refractivity contribution in [2.75, 3.05) is 18.4 Å². The van der Waals surface area contributed by atoms with Crippen LogP contribution in [0.5, 0.6) is 0 Å². The Morgan fingerprint density at radius 2 is 2.00 bits per heavy atom. The Morgan fingerprint density at radius 3 is 2.56 bits per heavy atom. The van der Waals surface area contributed by atoms with Crippen LogP contribution in [0.2, 0.25) is 0 Å². The zero-order valence-corrected chi connectivity index (χ0v) is 10.9. The molecule has 0 saturated carbocycles. The average Bonchev–Trinajstić information content (AvgIpc) is 2.68. The molecule has 1 aliphatic heterocycles. The van der Waals surface area contributed by atoms with Gasteiger partial charge in [-0.15, -0.1) is 0 Å². The maximum Gasteiger partial charge on any atom is 0.327 e.